The Morgan fingerprint density at radius 3 is 2.39 bits per heavy atom. The molecule has 0 bridgehead atoms. The molecule has 1 aromatic heterocycles. The fraction of sp³-hybridized carbons (Fsp3) is 0.211. The van der Waals surface area contributed by atoms with E-state index in [4.69, 9.17) is 14.2 Å². The lowest BCUT2D eigenvalue weighted by Gasteiger charge is -2.14. The van der Waals surface area contributed by atoms with Gasteiger partial charge in [0, 0.05) is 20.2 Å². The molecule has 0 saturated carbocycles. The van der Waals surface area contributed by atoms with Crippen LogP contribution in [0, 0.1) is 0 Å². The van der Waals surface area contributed by atoms with E-state index in [1.54, 1.807) is 25.3 Å². The van der Waals surface area contributed by atoms with Crippen LogP contribution in [0.15, 0.2) is 62.9 Å². The van der Waals surface area contributed by atoms with Crippen LogP contribution < -0.4 is 26.5 Å². The molecule has 146 valence electrons. The van der Waals surface area contributed by atoms with Crippen LogP contribution in [0.3, 0.4) is 0 Å². The fourth-order valence-electron chi connectivity index (χ4n) is 2.47. The summed E-state index contributed by atoms with van der Waals surface area (Å²) in [6.07, 6.45) is 0. The molecule has 9 heteroatoms. The van der Waals surface area contributed by atoms with Crippen molar-refractivity contribution in [1.82, 2.24) is 14.1 Å². The van der Waals surface area contributed by atoms with E-state index in [2.05, 4.69) is 4.98 Å². The first-order valence-electron chi connectivity index (χ1n) is 8.42. The van der Waals surface area contributed by atoms with Crippen molar-refractivity contribution in [2.45, 2.75) is 0 Å². The first-order chi connectivity index (χ1) is 13.5. The molecule has 3 aromatic rings. The molecule has 3 rings (SSSR count). The number of nitrogens with zero attached hydrogens (tertiary/aromatic N) is 2. The topological polar surface area (TPSA) is 105 Å². The van der Waals surface area contributed by atoms with E-state index < -0.39 is 17.1 Å². The van der Waals surface area contributed by atoms with Gasteiger partial charge in [-0.1, -0.05) is 18.2 Å². The van der Waals surface area contributed by atoms with Crippen LogP contribution in [-0.4, -0.2) is 34.4 Å². The molecule has 0 radical (unpaired) electrons. The summed E-state index contributed by atoms with van der Waals surface area (Å²) < 4.78 is 18.2. The number of aromatic nitrogens is 3. The predicted octanol–water partition coefficient (Wildman–Crippen LogP) is 1.04. The third kappa shape index (κ3) is 4.04. The summed E-state index contributed by atoms with van der Waals surface area (Å²) in [6, 6.07) is 13.7. The number of para-hydroxylation sites is 1. The van der Waals surface area contributed by atoms with Gasteiger partial charge in [-0.2, -0.15) is 0 Å². The zero-order valence-corrected chi connectivity index (χ0v) is 15.4. The Morgan fingerprint density at radius 1 is 0.929 bits per heavy atom. The molecule has 0 amide bonds. The molecule has 0 aliphatic carbocycles. The summed E-state index contributed by atoms with van der Waals surface area (Å²) in [5.74, 6) is 1.32. The zero-order chi connectivity index (χ0) is 20.1. The van der Waals surface area contributed by atoms with Crippen molar-refractivity contribution in [1.29, 1.82) is 0 Å². The lowest BCUT2D eigenvalue weighted by Crippen LogP contribution is -2.47. The SMILES string of the molecule is COCCOc1cc(-n2c(=O)[nH]c(=O)n(C)c2=O)ccc1Oc1ccccc1. The molecule has 0 atom stereocenters. The van der Waals surface area contributed by atoms with Crippen LogP contribution in [-0.2, 0) is 11.8 Å². The quantitative estimate of drug-likeness (QED) is 0.610. The van der Waals surface area contributed by atoms with Crippen molar-refractivity contribution in [3.8, 4) is 22.9 Å². The van der Waals surface area contributed by atoms with E-state index in [9.17, 15) is 14.4 Å². The van der Waals surface area contributed by atoms with E-state index in [1.807, 2.05) is 18.2 Å². The number of methoxy groups -OCH3 is 1. The monoisotopic (exact) mass is 385 g/mol. The number of hydrogen-bond acceptors (Lipinski definition) is 6. The number of hydrogen-bond donors (Lipinski definition) is 1. The van der Waals surface area contributed by atoms with Gasteiger partial charge in [-0.05, 0) is 24.3 Å². The number of rotatable bonds is 7. The van der Waals surface area contributed by atoms with Gasteiger partial charge in [0.15, 0.2) is 11.5 Å². The van der Waals surface area contributed by atoms with Crippen LogP contribution >= 0.6 is 0 Å². The Bertz CT molecular complexity index is 1130. The summed E-state index contributed by atoms with van der Waals surface area (Å²) in [6.45, 7) is 0.582. The van der Waals surface area contributed by atoms with Crippen molar-refractivity contribution >= 4 is 0 Å². The highest BCUT2D eigenvalue weighted by Gasteiger charge is 2.14. The van der Waals surface area contributed by atoms with Gasteiger partial charge in [0.1, 0.15) is 12.4 Å². The van der Waals surface area contributed by atoms with E-state index in [1.165, 1.54) is 19.2 Å². The average molecular weight is 385 g/mol. The maximum atomic E-state index is 12.4. The van der Waals surface area contributed by atoms with Gasteiger partial charge in [0.05, 0.1) is 12.3 Å². The second-order valence-corrected chi connectivity index (χ2v) is 5.80. The minimum absolute atomic E-state index is 0.231. The standard InChI is InChI=1S/C19H19N3O6/c1-21-17(23)20-18(24)22(19(21)25)13-8-9-15(16(12-13)27-11-10-26-2)28-14-6-4-3-5-7-14/h3-9,12H,10-11H2,1-2H3,(H,20,23,24). The van der Waals surface area contributed by atoms with Crippen LogP contribution in [0.5, 0.6) is 17.2 Å². The van der Waals surface area contributed by atoms with Gasteiger partial charge in [-0.15, -0.1) is 0 Å². The molecule has 28 heavy (non-hydrogen) atoms. The van der Waals surface area contributed by atoms with E-state index in [-0.39, 0.29) is 12.3 Å². The van der Waals surface area contributed by atoms with Crippen LogP contribution in [0.25, 0.3) is 5.69 Å². The predicted molar refractivity (Wildman–Crippen MR) is 102 cm³/mol. The second kappa shape index (κ2) is 8.40. The van der Waals surface area contributed by atoms with Crippen molar-refractivity contribution < 1.29 is 14.2 Å². The second-order valence-electron chi connectivity index (χ2n) is 5.80. The number of ether oxygens (including phenoxy) is 3. The maximum Gasteiger partial charge on any atom is 0.340 e. The maximum absolute atomic E-state index is 12.4. The highest BCUT2D eigenvalue weighted by molar-refractivity contribution is 5.50. The third-order valence-corrected chi connectivity index (χ3v) is 3.90. The summed E-state index contributed by atoms with van der Waals surface area (Å²) >= 11 is 0. The summed E-state index contributed by atoms with van der Waals surface area (Å²) in [5.41, 5.74) is -2.16. The first kappa shape index (κ1) is 19.2. The minimum Gasteiger partial charge on any atom is -0.487 e. The molecule has 0 saturated heterocycles. The van der Waals surface area contributed by atoms with Crippen molar-refractivity contribution in [3.05, 3.63) is 80.0 Å². The average Bonchev–Trinajstić information content (AvgIpc) is 2.69. The van der Waals surface area contributed by atoms with Crippen molar-refractivity contribution in [3.63, 3.8) is 0 Å². The molecule has 2 aromatic carbocycles. The Balaban J connectivity index is 2.06. The highest BCUT2D eigenvalue weighted by Crippen LogP contribution is 2.33. The molecule has 0 aliphatic rings. The molecule has 9 nitrogen and oxygen atoms in total. The largest absolute Gasteiger partial charge is 0.487 e. The number of H-pyrrole nitrogens is 1. The zero-order valence-electron chi connectivity index (χ0n) is 15.4. The normalized spacial score (nSPS) is 10.6. The Morgan fingerprint density at radius 2 is 1.68 bits per heavy atom. The third-order valence-electron chi connectivity index (χ3n) is 3.90. The fourth-order valence-corrected chi connectivity index (χ4v) is 2.47. The number of nitrogens with one attached hydrogen (secondary N) is 1. The Hall–Kier alpha value is -3.59. The van der Waals surface area contributed by atoms with E-state index in [0.29, 0.717) is 23.9 Å². The molecule has 1 heterocycles. The molecule has 0 spiro atoms. The molecule has 1 N–H and O–H groups in total. The molecular weight excluding hydrogens is 366 g/mol. The summed E-state index contributed by atoms with van der Waals surface area (Å²) in [4.78, 5) is 38.2. The van der Waals surface area contributed by atoms with Gasteiger partial charge in [-0.3, -0.25) is 4.98 Å². The van der Waals surface area contributed by atoms with E-state index >= 15 is 0 Å². The lowest BCUT2D eigenvalue weighted by atomic mass is 10.2. The summed E-state index contributed by atoms with van der Waals surface area (Å²) in [7, 11) is 2.82. The smallest absolute Gasteiger partial charge is 0.340 e. The van der Waals surface area contributed by atoms with Crippen molar-refractivity contribution in [2.75, 3.05) is 20.3 Å². The van der Waals surface area contributed by atoms with Gasteiger partial charge in [-0.25, -0.2) is 23.5 Å². The van der Waals surface area contributed by atoms with Gasteiger partial charge in [0.25, 0.3) is 0 Å². The summed E-state index contributed by atoms with van der Waals surface area (Å²) in [5, 5.41) is 0. The first-order valence-corrected chi connectivity index (χ1v) is 8.42. The molecular formula is C19H19N3O6. The van der Waals surface area contributed by atoms with E-state index in [0.717, 1.165) is 9.13 Å². The van der Waals surface area contributed by atoms with Crippen LogP contribution in [0.1, 0.15) is 0 Å². The molecule has 0 fully saturated rings. The van der Waals surface area contributed by atoms with Crippen molar-refractivity contribution in [2.24, 2.45) is 7.05 Å². The Labute approximate surface area is 159 Å². The number of benzene rings is 2. The van der Waals surface area contributed by atoms with Crippen LogP contribution in [0.2, 0.25) is 0 Å². The highest BCUT2D eigenvalue weighted by atomic mass is 16.5. The minimum atomic E-state index is -0.840. The van der Waals surface area contributed by atoms with Gasteiger partial charge < -0.3 is 14.2 Å². The van der Waals surface area contributed by atoms with Gasteiger partial charge >= 0.3 is 17.1 Å². The van der Waals surface area contributed by atoms with Crippen LogP contribution in [0.4, 0.5) is 0 Å². The molecule has 0 aliphatic heterocycles. The lowest BCUT2D eigenvalue weighted by molar-refractivity contribution is 0.144. The van der Waals surface area contributed by atoms with Gasteiger partial charge in [0.2, 0.25) is 0 Å². The molecule has 0 unspecified atom stereocenters. The number of aromatic amines is 1. The Kier molecular flexibility index (Phi) is 5.75.